The van der Waals surface area contributed by atoms with E-state index in [-0.39, 0.29) is 23.2 Å². The molecule has 11 heteroatoms. The van der Waals surface area contributed by atoms with E-state index in [4.69, 9.17) is 4.74 Å². The summed E-state index contributed by atoms with van der Waals surface area (Å²) < 4.78 is 60.7. The summed E-state index contributed by atoms with van der Waals surface area (Å²) in [5.74, 6) is -1.70. The maximum absolute atomic E-state index is 13.8. The molecule has 0 aliphatic heterocycles. The highest BCUT2D eigenvalue weighted by Gasteiger charge is 2.33. The molecule has 8 nitrogen and oxygen atoms in total. The highest BCUT2D eigenvalue weighted by molar-refractivity contribution is 7.92. The quantitative estimate of drug-likeness (QED) is 0.344. The molecule has 214 valence electrons. The van der Waals surface area contributed by atoms with Gasteiger partial charge in [0, 0.05) is 12.6 Å². The van der Waals surface area contributed by atoms with Crippen molar-refractivity contribution >= 4 is 27.5 Å². The van der Waals surface area contributed by atoms with Gasteiger partial charge in [0.25, 0.3) is 10.0 Å². The maximum Gasteiger partial charge on any atom is 0.264 e. The Kier molecular flexibility index (Phi) is 10.2. The Balaban J connectivity index is 2.01. The van der Waals surface area contributed by atoms with Crippen LogP contribution in [0.4, 0.5) is 14.5 Å². The van der Waals surface area contributed by atoms with Crippen molar-refractivity contribution in [1.29, 1.82) is 0 Å². The van der Waals surface area contributed by atoms with Gasteiger partial charge in [-0.3, -0.25) is 13.9 Å². The number of carbonyl (C=O) groups is 2. The Morgan fingerprint density at radius 2 is 1.45 bits per heavy atom. The molecule has 2 atom stereocenters. The highest BCUT2D eigenvalue weighted by Crippen LogP contribution is 2.26. The van der Waals surface area contributed by atoms with E-state index in [1.165, 1.54) is 72.7 Å². The minimum absolute atomic E-state index is 0.0593. The van der Waals surface area contributed by atoms with Gasteiger partial charge in [0.2, 0.25) is 11.8 Å². The molecule has 0 aromatic heterocycles. The van der Waals surface area contributed by atoms with Crippen molar-refractivity contribution in [2.45, 2.75) is 50.7 Å². The summed E-state index contributed by atoms with van der Waals surface area (Å²) in [5.41, 5.74) is 0.605. The third kappa shape index (κ3) is 7.56. The number of benzene rings is 3. The lowest BCUT2D eigenvalue weighted by Gasteiger charge is -2.32. The number of carbonyl (C=O) groups excluding carboxylic acids is 2. The van der Waals surface area contributed by atoms with Crippen molar-refractivity contribution in [3.05, 3.63) is 90.0 Å². The SMILES string of the molecule is CC[C@H](C)NC(=O)[C@H](C)N(Cc1ccc(F)cc1)C(=O)CN(c1ccc(F)cc1)S(=O)(=O)c1ccc(OC)cc1. The molecule has 0 aliphatic rings. The molecule has 3 aromatic rings. The van der Waals surface area contributed by atoms with Gasteiger partial charge < -0.3 is 15.0 Å². The topological polar surface area (TPSA) is 96.0 Å². The molecule has 0 unspecified atom stereocenters. The molecule has 0 radical (unpaired) electrons. The van der Waals surface area contributed by atoms with Crippen molar-refractivity contribution in [2.75, 3.05) is 18.0 Å². The fourth-order valence-electron chi connectivity index (χ4n) is 3.85. The third-order valence-corrected chi connectivity index (χ3v) is 8.26. The molecule has 0 bridgehead atoms. The summed E-state index contributed by atoms with van der Waals surface area (Å²) in [6.07, 6.45) is 0.669. The standard InChI is InChI=1S/C29H33F2N3O5S/c1-5-20(2)32-29(36)21(3)33(18-22-6-8-23(30)9-7-22)28(35)19-34(25-12-10-24(31)11-13-25)40(37,38)27-16-14-26(39-4)15-17-27/h6-17,20-21H,5,18-19H2,1-4H3,(H,32,36)/t20-,21-/m0/s1. The first-order valence-electron chi connectivity index (χ1n) is 12.7. The van der Waals surface area contributed by atoms with Crippen LogP contribution in [-0.4, -0.2) is 50.9 Å². The van der Waals surface area contributed by atoms with Crippen LogP contribution in [0.5, 0.6) is 5.75 Å². The molecule has 3 aromatic carbocycles. The molecule has 0 fully saturated rings. The van der Waals surface area contributed by atoms with Crippen molar-refractivity contribution in [1.82, 2.24) is 10.2 Å². The maximum atomic E-state index is 13.8. The van der Waals surface area contributed by atoms with Crippen molar-refractivity contribution in [2.24, 2.45) is 0 Å². The van der Waals surface area contributed by atoms with Crippen LogP contribution in [0, 0.1) is 11.6 Å². The number of hydrogen-bond donors (Lipinski definition) is 1. The molecular weight excluding hydrogens is 540 g/mol. The van der Waals surface area contributed by atoms with E-state index in [2.05, 4.69) is 5.32 Å². The molecule has 0 saturated carbocycles. The van der Waals surface area contributed by atoms with Crippen LogP contribution in [0.1, 0.15) is 32.8 Å². The minimum Gasteiger partial charge on any atom is -0.497 e. The fourth-order valence-corrected chi connectivity index (χ4v) is 5.26. The molecule has 1 N–H and O–H groups in total. The van der Waals surface area contributed by atoms with Gasteiger partial charge in [-0.25, -0.2) is 17.2 Å². The monoisotopic (exact) mass is 573 g/mol. The molecular formula is C29H33F2N3O5S. The normalized spacial score (nSPS) is 12.8. The summed E-state index contributed by atoms with van der Waals surface area (Å²) in [6, 6.07) is 14.6. The highest BCUT2D eigenvalue weighted by atomic mass is 32.2. The van der Waals surface area contributed by atoms with Crippen LogP contribution < -0.4 is 14.4 Å². The smallest absolute Gasteiger partial charge is 0.264 e. The second kappa shape index (κ2) is 13.4. The molecule has 2 amide bonds. The molecule has 0 heterocycles. The van der Waals surface area contributed by atoms with Crippen LogP contribution in [0.2, 0.25) is 0 Å². The van der Waals surface area contributed by atoms with Gasteiger partial charge >= 0.3 is 0 Å². The van der Waals surface area contributed by atoms with Crippen molar-refractivity contribution in [3.8, 4) is 5.75 Å². The third-order valence-electron chi connectivity index (χ3n) is 6.48. The Morgan fingerprint density at radius 3 is 1.98 bits per heavy atom. The van der Waals surface area contributed by atoms with Crippen LogP contribution in [0.3, 0.4) is 0 Å². The predicted octanol–water partition coefficient (Wildman–Crippen LogP) is 4.50. The fraction of sp³-hybridized carbons (Fsp3) is 0.310. The van der Waals surface area contributed by atoms with Crippen molar-refractivity contribution < 1.29 is 31.5 Å². The number of methoxy groups -OCH3 is 1. The number of rotatable bonds is 12. The molecule has 40 heavy (non-hydrogen) atoms. The zero-order valence-corrected chi connectivity index (χ0v) is 23.6. The van der Waals surface area contributed by atoms with Gasteiger partial charge in [-0.2, -0.15) is 0 Å². The lowest BCUT2D eigenvalue weighted by molar-refractivity contribution is -0.139. The summed E-state index contributed by atoms with van der Waals surface area (Å²) in [5, 5.41) is 2.84. The average Bonchev–Trinajstić information content (AvgIpc) is 2.95. The first-order chi connectivity index (χ1) is 19.0. The first-order valence-corrected chi connectivity index (χ1v) is 14.2. The van der Waals surface area contributed by atoms with Crippen LogP contribution in [0.25, 0.3) is 0 Å². The molecule has 0 spiro atoms. The summed E-state index contributed by atoms with van der Waals surface area (Å²) in [7, 11) is -2.86. The zero-order chi connectivity index (χ0) is 29.4. The summed E-state index contributed by atoms with van der Waals surface area (Å²) in [6.45, 7) is 4.52. The van der Waals surface area contributed by atoms with Gasteiger partial charge in [0.15, 0.2) is 0 Å². The van der Waals surface area contributed by atoms with Crippen LogP contribution in [-0.2, 0) is 26.2 Å². The Hall–Kier alpha value is -3.99. The van der Waals surface area contributed by atoms with E-state index < -0.39 is 46.1 Å². The van der Waals surface area contributed by atoms with Crippen molar-refractivity contribution in [3.63, 3.8) is 0 Å². The Bertz CT molecular complexity index is 1400. The van der Waals surface area contributed by atoms with Crippen LogP contribution in [0.15, 0.2) is 77.7 Å². The second-order valence-corrected chi connectivity index (χ2v) is 11.2. The number of halogens is 2. The van der Waals surface area contributed by atoms with Gasteiger partial charge in [-0.05, 0) is 86.5 Å². The summed E-state index contributed by atoms with van der Waals surface area (Å²) >= 11 is 0. The van der Waals surface area contributed by atoms with E-state index in [0.717, 1.165) is 16.4 Å². The predicted molar refractivity (Wildman–Crippen MR) is 148 cm³/mol. The van der Waals surface area contributed by atoms with E-state index in [1.54, 1.807) is 6.92 Å². The van der Waals surface area contributed by atoms with Crippen LogP contribution >= 0.6 is 0 Å². The number of anilines is 1. The van der Waals surface area contributed by atoms with E-state index in [1.807, 2.05) is 13.8 Å². The average molecular weight is 574 g/mol. The Morgan fingerprint density at radius 1 is 0.900 bits per heavy atom. The largest absolute Gasteiger partial charge is 0.497 e. The number of nitrogens with zero attached hydrogens (tertiary/aromatic N) is 2. The van der Waals surface area contributed by atoms with E-state index in [9.17, 15) is 26.8 Å². The number of hydrogen-bond acceptors (Lipinski definition) is 5. The van der Waals surface area contributed by atoms with Gasteiger partial charge in [0.1, 0.15) is 30.0 Å². The lowest BCUT2D eigenvalue weighted by atomic mass is 10.1. The number of sulfonamides is 1. The van der Waals surface area contributed by atoms with E-state index >= 15 is 0 Å². The van der Waals surface area contributed by atoms with Gasteiger partial charge in [0.05, 0.1) is 17.7 Å². The van der Waals surface area contributed by atoms with E-state index in [0.29, 0.717) is 17.7 Å². The molecule has 0 saturated heterocycles. The molecule has 0 aliphatic carbocycles. The lowest BCUT2D eigenvalue weighted by Crippen LogP contribution is -2.52. The Labute approximate surface area is 233 Å². The zero-order valence-electron chi connectivity index (χ0n) is 22.8. The van der Waals surface area contributed by atoms with Gasteiger partial charge in [-0.15, -0.1) is 0 Å². The minimum atomic E-state index is -4.31. The molecule has 3 rings (SSSR count). The summed E-state index contributed by atoms with van der Waals surface area (Å²) in [4.78, 5) is 28.0. The van der Waals surface area contributed by atoms with Gasteiger partial charge in [-0.1, -0.05) is 19.1 Å². The second-order valence-electron chi connectivity index (χ2n) is 9.31. The number of amides is 2. The number of nitrogens with one attached hydrogen (secondary N) is 1. The first kappa shape index (κ1) is 30.6. The number of ether oxygens (including phenoxy) is 1.